The van der Waals surface area contributed by atoms with E-state index in [0.717, 1.165) is 116 Å². The topological polar surface area (TPSA) is 130 Å². The second-order valence-corrected chi connectivity index (χ2v) is 39.9. The van der Waals surface area contributed by atoms with Crippen LogP contribution < -0.4 is 0 Å². The van der Waals surface area contributed by atoms with Crippen molar-refractivity contribution in [2.45, 2.75) is 550 Å². The Labute approximate surface area is 760 Å². The molecule has 1 heterocycles. The molecule has 0 aromatic heterocycles. The van der Waals surface area contributed by atoms with Crippen LogP contribution in [0, 0.1) is 47.3 Å². The van der Waals surface area contributed by atoms with E-state index in [1.54, 1.807) is 0 Å². The molecule has 122 heavy (non-hydrogen) atoms. The molecule has 0 radical (unpaired) electrons. The number of esters is 4. The molecule has 0 saturated carbocycles. The third-order valence-electron chi connectivity index (χ3n) is 28.2. The summed E-state index contributed by atoms with van der Waals surface area (Å²) in [7, 11) is 2.21. The first-order chi connectivity index (χ1) is 59.7. The zero-order valence-electron chi connectivity index (χ0n) is 84.0. The Hall–Kier alpha value is -2.28. The summed E-state index contributed by atoms with van der Waals surface area (Å²) >= 11 is 0. The van der Waals surface area contributed by atoms with Crippen molar-refractivity contribution in [1.82, 2.24) is 9.80 Å². The lowest BCUT2D eigenvalue weighted by Crippen LogP contribution is -2.28. The zero-order chi connectivity index (χ0) is 88.7. The maximum Gasteiger partial charge on any atom is 0.306 e. The van der Waals surface area contributed by atoms with Crippen LogP contribution >= 0.6 is 0 Å². The van der Waals surface area contributed by atoms with Gasteiger partial charge in [-0.3, -0.25) is 19.2 Å². The molecule has 0 aliphatic carbocycles. The van der Waals surface area contributed by atoms with Gasteiger partial charge in [0.05, 0.1) is 26.4 Å². The summed E-state index contributed by atoms with van der Waals surface area (Å²) in [5, 5.41) is 0. The van der Waals surface area contributed by atoms with E-state index in [0.29, 0.717) is 105 Å². The molecule has 0 aromatic rings. The van der Waals surface area contributed by atoms with E-state index in [1.807, 2.05) is 0 Å². The second kappa shape index (κ2) is 90.6. The summed E-state index contributed by atoms with van der Waals surface area (Å²) in [4.78, 5) is 56.6. The molecule has 1 aliphatic rings. The minimum atomic E-state index is -0.00137. The average molecular weight is 1720 g/mol. The van der Waals surface area contributed by atoms with Crippen molar-refractivity contribution in [2.24, 2.45) is 47.3 Å². The van der Waals surface area contributed by atoms with Crippen LogP contribution in [0.15, 0.2) is 0 Å². The highest BCUT2D eigenvalue weighted by atomic mass is 16.5. The molecule has 1 aliphatic heterocycles. The van der Waals surface area contributed by atoms with Crippen LogP contribution in [0.2, 0.25) is 0 Å². The third-order valence-corrected chi connectivity index (χ3v) is 28.2. The summed E-state index contributed by atoms with van der Waals surface area (Å²) < 4.78 is 36.0. The molecule has 12 nitrogen and oxygen atoms in total. The van der Waals surface area contributed by atoms with E-state index in [1.165, 1.54) is 386 Å². The Balaban J connectivity index is 2.40. The van der Waals surface area contributed by atoms with Crippen molar-refractivity contribution in [3.05, 3.63) is 0 Å². The van der Waals surface area contributed by atoms with E-state index < -0.39 is 0 Å². The molecule has 6 unspecified atom stereocenters. The van der Waals surface area contributed by atoms with Crippen LogP contribution in [-0.2, 0) is 47.6 Å². The van der Waals surface area contributed by atoms with Gasteiger partial charge in [-0.2, -0.15) is 0 Å². The molecule has 1 saturated heterocycles. The van der Waals surface area contributed by atoms with Crippen molar-refractivity contribution in [2.75, 3.05) is 86.1 Å². The highest BCUT2D eigenvalue weighted by molar-refractivity contribution is 5.70. The zero-order valence-corrected chi connectivity index (χ0v) is 84.0. The summed E-state index contributed by atoms with van der Waals surface area (Å²) in [6.45, 7) is 33.8. The Morgan fingerprint density at radius 3 is 0.943 bits per heavy atom. The number of rotatable bonds is 98. The molecular weight excluding hydrogens is 1510 g/mol. The summed E-state index contributed by atoms with van der Waals surface area (Å²) in [6, 6.07) is 0.568. The number of ether oxygens (including phenoxy) is 6. The number of nitrogens with zero attached hydrogens (tertiary/aromatic N) is 2. The molecule has 1 fully saturated rings. The molecule has 0 spiro atoms. The van der Waals surface area contributed by atoms with Gasteiger partial charge in [0.1, 0.15) is 0 Å². The predicted molar refractivity (Wildman–Crippen MR) is 525 cm³/mol. The van der Waals surface area contributed by atoms with Crippen molar-refractivity contribution < 1.29 is 47.6 Å². The maximum atomic E-state index is 13.3. The van der Waals surface area contributed by atoms with Gasteiger partial charge in [-0.25, -0.2) is 0 Å². The number of unbranched alkanes of at least 4 members (excludes halogenated alkanes) is 38. The normalized spacial score (nSPS) is 14.2. The first-order valence-corrected chi connectivity index (χ1v) is 54.9. The number of carbonyl (C=O) groups excluding carboxylic acids is 4. The number of likely N-dealkylation sites (tertiary alicyclic amines) is 1. The monoisotopic (exact) mass is 1720 g/mol. The Bertz CT molecular complexity index is 2170. The fourth-order valence-corrected chi connectivity index (χ4v) is 19.3. The molecule has 12 heteroatoms. The number of hydrogen-bond acceptors (Lipinski definition) is 12. The predicted octanol–water partition coefficient (Wildman–Crippen LogP) is 32.8. The van der Waals surface area contributed by atoms with Gasteiger partial charge in [0.2, 0.25) is 0 Å². The highest BCUT2D eigenvalue weighted by Gasteiger charge is 2.23. The molecule has 1 rings (SSSR count). The van der Waals surface area contributed by atoms with Crippen LogP contribution in [0.3, 0.4) is 0 Å². The molecule has 724 valence electrons. The van der Waals surface area contributed by atoms with Gasteiger partial charge in [0.15, 0.2) is 0 Å². The van der Waals surface area contributed by atoms with E-state index in [-0.39, 0.29) is 23.9 Å². The maximum absolute atomic E-state index is 13.3. The third kappa shape index (κ3) is 77.6. The van der Waals surface area contributed by atoms with E-state index in [4.69, 9.17) is 28.4 Å². The molecule has 0 N–H and O–H groups in total. The molecule has 0 amide bonds. The minimum absolute atomic E-state index is 0.00137. The van der Waals surface area contributed by atoms with E-state index >= 15 is 0 Å². The van der Waals surface area contributed by atoms with E-state index in [2.05, 4.69) is 86.1 Å². The lowest BCUT2D eigenvalue weighted by atomic mass is 9.80. The van der Waals surface area contributed by atoms with E-state index in [9.17, 15) is 19.2 Å². The van der Waals surface area contributed by atoms with Crippen molar-refractivity contribution >= 4 is 23.9 Å². The molecule has 0 bridgehead atoms. The molecular formula is C110H214N2O10. The highest BCUT2D eigenvalue weighted by Crippen LogP contribution is 2.33. The van der Waals surface area contributed by atoms with Crippen molar-refractivity contribution in [3.63, 3.8) is 0 Å². The standard InChI is InChI=1S/C110H214N2O10/c1-12-19-47-67-100(68-48-20-13-2)82-92-121-107(113)78-57-43-35-29-33-41-55-73-104(96-117-88-64-84-111(11)98(8)9)74-56-42-34-30-36-44-58-79-108(114)122-93-83-101(69-49-21-14-3)80-81-106(18-7)99(10)66-63-77-103(72-52-24-17-6)95-110(116)120-91-62-46-38-28-26-32-40-54-76-105(97-118-89-65-87-112-85-59-60-86-112)75-53-39-31-25-27-37-45-61-90-119-109(115)94-102(70-50-22-15-4)71-51-23-16-5/h98-106H,12-97H2,1-11H3. The smallest absolute Gasteiger partial charge is 0.306 e. The van der Waals surface area contributed by atoms with Crippen LogP contribution in [0.25, 0.3) is 0 Å². The van der Waals surface area contributed by atoms with Gasteiger partial charge in [-0.15, -0.1) is 0 Å². The lowest BCUT2D eigenvalue weighted by molar-refractivity contribution is -0.146. The van der Waals surface area contributed by atoms with Crippen molar-refractivity contribution in [1.29, 1.82) is 0 Å². The van der Waals surface area contributed by atoms with Crippen LogP contribution in [0.5, 0.6) is 0 Å². The molecule has 6 atom stereocenters. The minimum Gasteiger partial charge on any atom is -0.466 e. The number of carbonyl (C=O) groups is 4. The Kier molecular flexibility index (Phi) is 87.5. The second-order valence-electron chi connectivity index (χ2n) is 39.9. The fraction of sp³-hybridized carbons (Fsp3) is 0.964. The van der Waals surface area contributed by atoms with Gasteiger partial charge in [0, 0.05) is 71.2 Å². The summed E-state index contributed by atoms with van der Waals surface area (Å²) in [6.07, 6.45) is 88.4. The quantitative estimate of drug-likeness (QED) is 0.0326. The first-order valence-electron chi connectivity index (χ1n) is 54.9. The van der Waals surface area contributed by atoms with Crippen LogP contribution in [-0.4, -0.2) is 126 Å². The van der Waals surface area contributed by atoms with Gasteiger partial charge >= 0.3 is 23.9 Å². The SMILES string of the molecule is CCCCCC(CCCCC)CCOC(=O)CCCCCCCCCC(CCCCCCCCCC(=O)OCCC(CCCCC)CCC(CC)C(C)CCCC(CCCCC)CC(=O)OCCCCCCCCCCC(CCCCCCCCCCOC(=O)CC(CCCCC)CCCCC)COCCCN1CCCC1)COCCCN(C)C(C)C. The Morgan fingerprint density at radius 2 is 0.582 bits per heavy atom. The Morgan fingerprint density at radius 1 is 0.279 bits per heavy atom. The van der Waals surface area contributed by atoms with Crippen molar-refractivity contribution in [3.8, 4) is 0 Å². The van der Waals surface area contributed by atoms with Gasteiger partial charge in [-0.1, -0.05) is 383 Å². The first kappa shape index (κ1) is 118. The fourth-order valence-electron chi connectivity index (χ4n) is 19.3. The van der Waals surface area contributed by atoms with Gasteiger partial charge < -0.3 is 38.2 Å². The van der Waals surface area contributed by atoms with Gasteiger partial charge in [0.25, 0.3) is 0 Å². The lowest BCUT2D eigenvalue weighted by Gasteiger charge is -2.26. The van der Waals surface area contributed by atoms with Crippen LogP contribution in [0.4, 0.5) is 0 Å². The summed E-state index contributed by atoms with van der Waals surface area (Å²) in [5.74, 6) is 5.03. The summed E-state index contributed by atoms with van der Waals surface area (Å²) in [5.41, 5.74) is 0. The molecule has 0 aromatic carbocycles. The average Bonchev–Trinajstić information content (AvgIpc) is 1.02. The largest absolute Gasteiger partial charge is 0.466 e. The number of hydrogen-bond donors (Lipinski definition) is 0. The van der Waals surface area contributed by atoms with Crippen LogP contribution in [0.1, 0.15) is 544 Å². The van der Waals surface area contributed by atoms with Gasteiger partial charge in [-0.05, 0) is 203 Å².